The van der Waals surface area contributed by atoms with Crippen LogP contribution in [0.15, 0.2) is 47.6 Å². The van der Waals surface area contributed by atoms with Crippen LogP contribution in [0.3, 0.4) is 0 Å². The van der Waals surface area contributed by atoms with E-state index in [2.05, 4.69) is 20.6 Å². The molecule has 0 saturated carbocycles. The van der Waals surface area contributed by atoms with E-state index in [1.807, 2.05) is 13.0 Å². The number of nitrogens with zero attached hydrogens (tertiary/aromatic N) is 2. The van der Waals surface area contributed by atoms with Gasteiger partial charge < -0.3 is 15.4 Å². The molecule has 2 heterocycles. The van der Waals surface area contributed by atoms with E-state index in [1.165, 1.54) is 24.3 Å². The zero-order chi connectivity index (χ0) is 20.0. The number of rotatable bonds is 6. The number of nitrogens with one attached hydrogen (secondary N) is 2. The predicted molar refractivity (Wildman–Crippen MR) is 106 cm³/mol. The number of guanidine groups is 1. The minimum Gasteiger partial charge on any atom is -0.439 e. The molecule has 1 saturated heterocycles. The molecular formula is C19H23FN4O3S. The van der Waals surface area contributed by atoms with Gasteiger partial charge in [-0.15, -0.1) is 0 Å². The molecule has 0 amide bonds. The lowest BCUT2D eigenvalue weighted by Gasteiger charge is -2.15. The van der Waals surface area contributed by atoms with Crippen molar-refractivity contribution in [2.45, 2.75) is 25.9 Å². The number of pyridine rings is 1. The number of benzene rings is 1. The third-order valence-electron chi connectivity index (χ3n) is 4.17. The van der Waals surface area contributed by atoms with Gasteiger partial charge in [-0.05, 0) is 49.2 Å². The van der Waals surface area contributed by atoms with Crippen molar-refractivity contribution in [3.8, 4) is 11.6 Å². The summed E-state index contributed by atoms with van der Waals surface area (Å²) in [5.41, 5.74) is 0.878. The summed E-state index contributed by atoms with van der Waals surface area (Å²) in [6.45, 7) is 2.99. The topological polar surface area (TPSA) is 92.7 Å². The quantitative estimate of drug-likeness (QED) is 0.565. The fraction of sp³-hybridized carbons (Fsp3) is 0.368. The molecule has 0 radical (unpaired) electrons. The minimum absolute atomic E-state index is 0.127. The Morgan fingerprint density at radius 1 is 1.32 bits per heavy atom. The monoisotopic (exact) mass is 406 g/mol. The van der Waals surface area contributed by atoms with Gasteiger partial charge in [0, 0.05) is 24.8 Å². The summed E-state index contributed by atoms with van der Waals surface area (Å²) in [5, 5.41) is 6.31. The molecule has 0 spiro atoms. The van der Waals surface area contributed by atoms with Crippen LogP contribution in [0.1, 0.15) is 18.9 Å². The first-order valence-corrected chi connectivity index (χ1v) is 10.9. The molecule has 0 bridgehead atoms. The van der Waals surface area contributed by atoms with Gasteiger partial charge in [0.25, 0.3) is 0 Å². The van der Waals surface area contributed by atoms with Crippen LogP contribution in [0.2, 0.25) is 0 Å². The molecule has 1 atom stereocenters. The first-order valence-electron chi connectivity index (χ1n) is 9.07. The van der Waals surface area contributed by atoms with Crippen LogP contribution >= 0.6 is 0 Å². The standard InChI is InChI=1S/C19H23FN4O3S/c1-2-21-19(24-16-8-10-28(25,26)13-16)23-12-14-7-9-22-18(11-14)27-17-5-3-15(20)4-6-17/h3-7,9,11,16H,2,8,10,12-13H2,1H3,(H2,21,23,24). The molecule has 9 heteroatoms. The maximum atomic E-state index is 13.0. The van der Waals surface area contributed by atoms with Crippen LogP contribution < -0.4 is 15.4 Å². The van der Waals surface area contributed by atoms with Crippen LogP contribution in [0, 0.1) is 5.82 Å². The van der Waals surface area contributed by atoms with Crippen molar-refractivity contribution in [2.24, 2.45) is 4.99 Å². The van der Waals surface area contributed by atoms with Gasteiger partial charge >= 0.3 is 0 Å². The van der Waals surface area contributed by atoms with Gasteiger partial charge in [-0.25, -0.2) is 22.8 Å². The Morgan fingerprint density at radius 2 is 2.11 bits per heavy atom. The lowest BCUT2D eigenvalue weighted by Crippen LogP contribution is -2.44. The molecule has 28 heavy (non-hydrogen) atoms. The molecule has 1 fully saturated rings. The fourth-order valence-electron chi connectivity index (χ4n) is 2.82. The second-order valence-corrected chi connectivity index (χ2v) is 8.73. The van der Waals surface area contributed by atoms with Crippen molar-refractivity contribution in [3.63, 3.8) is 0 Å². The average molecular weight is 406 g/mol. The van der Waals surface area contributed by atoms with Crippen LogP contribution in [-0.4, -0.2) is 43.5 Å². The Balaban J connectivity index is 1.64. The molecule has 7 nitrogen and oxygen atoms in total. The molecule has 0 aliphatic carbocycles. The summed E-state index contributed by atoms with van der Waals surface area (Å²) >= 11 is 0. The highest BCUT2D eigenvalue weighted by Gasteiger charge is 2.28. The Morgan fingerprint density at radius 3 is 2.79 bits per heavy atom. The van der Waals surface area contributed by atoms with Gasteiger partial charge in [0.2, 0.25) is 5.88 Å². The summed E-state index contributed by atoms with van der Waals surface area (Å²) in [7, 11) is -2.95. The molecule has 1 aromatic heterocycles. The third kappa shape index (κ3) is 5.91. The van der Waals surface area contributed by atoms with E-state index < -0.39 is 9.84 Å². The zero-order valence-corrected chi connectivity index (χ0v) is 16.4. The smallest absolute Gasteiger partial charge is 0.219 e. The molecular weight excluding hydrogens is 383 g/mol. The van der Waals surface area contributed by atoms with Crippen molar-refractivity contribution < 1.29 is 17.5 Å². The minimum atomic E-state index is -2.95. The van der Waals surface area contributed by atoms with Gasteiger partial charge in [0.05, 0.1) is 18.1 Å². The fourth-order valence-corrected chi connectivity index (χ4v) is 4.49. The number of ether oxygens (including phenoxy) is 1. The molecule has 150 valence electrons. The van der Waals surface area contributed by atoms with Gasteiger partial charge in [-0.3, -0.25) is 0 Å². The highest BCUT2D eigenvalue weighted by atomic mass is 32.2. The molecule has 1 aliphatic rings. The second-order valence-electron chi connectivity index (χ2n) is 6.50. The van der Waals surface area contributed by atoms with Crippen molar-refractivity contribution in [3.05, 3.63) is 54.0 Å². The number of aliphatic imine (C=N–C) groups is 1. The molecule has 2 aromatic rings. The lowest BCUT2D eigenvalue weighted by molar-refractivity contribution is 0.460. The van der Waals surface area contributed by atoms with E-state index in [4.69, 9.17) is 4.74 Å². The largest absolute Gasteiger partial charge is 0.439 e. The number of sulfone groups is 1. The van der Waals surface area contributed by atoms with Gasteiger partial charge in [-0.1, -0.05) is 0 Å². The van der Waals surface area contributed by atoms with Gasteiger partial charge in [-0.2, -0.15) is 0 Å². The van der Waals surface area contributed by atoms with E-state index in [0.29, 0.717) is 37.1 Å². The van der Waals surface area contributed by atoms with E-state index in [-0.39, 0.29) is 23.4 Å². The Hall–Kier alpha value is -2.68. The summed E-state index contributed by atoms with van der Waals surface area (Å²) in [5.74, 6) is 1.45. The van der Waals surface area contributed by atoms with E-state index >= 15 is 0 Å². The highest BCUT2D eigenvalue weighted by molar-refractivity contribution is 7.91. The first kappa shape index (κ1) is 20.1. The zero-order valence-electron chi connectivity index (χ0n) is 15.6. The normalized spacial score (nSPS) is 18.6. The Kier molecular flexibility index (Phi) is 6.45. The summed E-state index contributed by atoms with van der Waals surface area (Å²) < 4.78 is 41.9. The number of halogens is 1. The van der Waals surface area contributed by atoms with E-state index in [9.17, 15) is 12.8 Å². The third-order valence-corrected chi connectivity index (χ3v) is 5.94. The van der Waals surface area contributed by atoms with Gasteiger partial charge in [0.15, 0.2) is 15.8 Å². The molecule has 1 aromatic carbocycles. The van der Waals surface area contributed by atoms with E-state index in [1.54, 1.807) is 12.3 Å². The highest BCUT2D eigenvalue weighted by Crippen LogP contribution is 2.20. The first-order chi connectivity index (χ1) is 13.4. The van der Waals surface area contributed by atoms with Crippen molar-refractivity contribution in [2.75, 3.05) is 18.1 Å². The van der Waals surface area contributed by atoms with Crippen molar-refractivity contribution >= 4 is 15.8 Å². The number of aromatic nitrogens is 1. The van der Waals surface area contributed by atoms with Gasteiger partial charge in [0.1, 0.15) is 11.6 Å². The summed E-state index contributed by atoms with van der Waals surface area (Å²) in [6, 6.07) is 9.16. The lowest BCUT2D eigenvalue weighted by atomic mass is 10.2. The van der Waals surface area contributed by atoms with Crippen LogP contribution in [0.5, 0.6) is 11.6 Å². The van der Waals surface area contributed by atoms with Crippen LogP contribution in [0.25, 0.3) is 0 Å². The Labute approximate surface area is 164 Å². The van der Waals surface area contributed by atoms with Crippen molar-refractivity contribution in [1.82, 2.24) is 15.6 Å². The Bertz CT molecular complexity index is 932. The van der Waals surface area contributed by atoms with Crippen molar-refractivity contribution in [1.29, 1.82) is 0 Å². The van der Waals surface area contributed by atoms with E-state index in [0.717, 1.165) is 5.56 Å². The number of hydrogen-bond acceptors (Lipinski definition) is 5. The molecule has 1 aliphatic heterocycles. The number of hydrogen-bond donors (Lipinski definition) is 2. The summed E-state index contributed by atoms with van der Waals surface area (Å²) in [6.07, 6.45) is 2.20. The summed E-state index contributed by atoms with van der Waals surface area (Å²) in [4.78, 5) is 8.68. The van der Waals surface area contributed by atoms with Crippen LogP contribution in [-0.2, 0) is 16.4 Å². The average Bonchev–Trinajstić information content (AvgIpc) is 3.01. The van der Waals surface area contributed by atoms with Crippen LogP contribution in [0.4, 0.5) is 4.39 Å². The maximum Gasteiger partial charge on any atom is 0.219 e. The predicted octanol–water partition coefficient (Wildman–Crippen LogP) is 2.26. The second kappa shape index (κ2) is 9.01. The maximum absolute atomic E-state index is 13.0. The molecule has 2 N–H and O–H groups in total. The molecule has 1 unspecified atom stereocenters. The SMILES string of the molecule is CCNC(=NCc1ccnc(Oc2ccc(F)cc2)c1)NC1CCS(=O)(=O)C1. The molecule has 3 rings (SSSR count).